The van der Waals surface area contributed by atoms with E-state index >= 15 is 0 Å². The number of nitrogens with zero attached hydrogens (tertiary/aromatic N) is 3. The fourth-order valence-corrected chi connectivity index (χ4v) is 2.72. The lowest BCUT2D eigenvalue weighted by Gasteiger charge is -2.25. The Morgan fingerprint density at radius 1 is 1.24 bits per heavy atom. The van der Waals surface area contributed by atoms with E-state index in [9.17, 15) is 0 Å². The fraction of sp³-hybridized carbons (Fsp3) is 0.692. The molecule has 2 heterocycles. The molecule has 0 bridgehead atoms. The van der Waals surface area contributed by atoms with Crippen molar-refractivity contribution in [3.8, 4) is 0 Å². The third-order valence-electron chi connectivity index (χ3n) is 3.85. The molecule has 4 heteroatoms. The number of hydrogen-bond acceptors (Lipinski definition) is 3. The number of halogens is 1. The highest BCUT2D eigenvalue weighted by Gasteiger charge is 2.30. The molecule has 0 amide bonds. The Labute approximate surface area is 107 Å². The number of rotatable bonds is 2. The molecule has 2 aliphatic rings. The molecular weight excluding hydrogens is 234 g/mol. The Hall–Kier alpha value is -0.830. The minimum atomic E-state index is 0.560. The van der Waals surface area contributed by atoms with Gasteiger partial charge in [-0.25, -0.2) is 9.97 Å². The molecule has 92 valence electrons. The molecule has 2 fully saturated rings. The second-order valence-electron chi connectivity index (χ2n) is 5.28. The van der Waals surface area contributed by atoms with Crippen molar-refractivity contribution in [2.75, 3.05) is 11.4 Å². The quantitative estimate of drug-likeness (QED) is 0.756. The first kappa shape index (κ1) is 11.3. The summed E-state index contributed by atoms with van der Waals surface area (Å²) in [6.07, 6.45) is 4.93. The zero-order chi connectivity index (χ0) is 12.0. The van der Waals surface area contributed by atoms with E-state index in [1.807, 2.05) is 6.92 Å². The van der Waals surface area contributed by atoms with Gasteiger partial charge in [-0.05, 0) is 39.5 Å². The van der Waals surface area contributed by atoms with Gasteiger partial charge in [0.1, 0.15) is 16.8 Å². The highest BCUT2D eigenvalue weighted by molar-refractivity contribution is 6.30. The second kappa shape index (κ2) is 4.13. The predicted molar refractivity (Wildman–Crippen MR) is 69.8 cm³/mol. The maximum absolute atomic E-state index is 6.24. The summed E-state index contributed by atoms with van der Waals surface area (Å²) < 4.78 is 0. The van der Waals surface area contributed by atoms with Crippen LogP contribution in [-0.4, -0.2) is 22.6 Å². The van der Waals surface area contributed by atoms with E-state index in [1.165, 1.54) is 25.7 Å². The van der Waals surface area contributed by atoms with Crippen LogP contribution in [0.15, 0.2) is 0 Å². The van der Waals surface area contributed by atoms with E-state index in [2.05, 4.69) is 16.8 Å². The van der Waals surface area contributed by atoms with Crippen LogP contribution in [0.5, 0.6) is 0 Å². The van der Waals surface area contributed by atoms with Crippen LogP contribution in [0, 0.1) is 6.92 Å². The van der Waals surface area contributed by atoms with Crippen LogP contribution in [0.2, 0.25) is 5.15 Å². The van der Waals surface area contributed by atoms with E-state index in [-0.39, 0.29) is 0 Å². The third kappa shape index (κ3) is 2.01. The molecule has 1 aliphatic heterocycles. The van der Waals surface area contributed by atoms with Crippen molar-refractivity contribution >= 4 is 17.4 Å². The molecule has 1 unspecified atom stereocenters. The molecule has 0 aromatic carbocycles. The molecule has 3 nitrogen and oxygen atoms in total. The number of hydrogen-bond donors (Lipinski definition) is 0. The first-order chi connectivity index (χ1) is 8.16. The summed E-state index contributed by atoms with van der Waals surface area (Å²) in [5.74, 6) is 2.58. The Balaban J connectivity index is 2.01. The molecule has 1 saturated carbocycles. The summed E-state index contributed by atoms with van der Waals surface area (Å²) in [6, 6.07) is 0.576. The lowest BCUT2D eigenvalue weighted by atomic mass is 10.2. The second-order valence-corrected chi connectivity index (χ2v) is 5.64. The Morgan fingerprint density at radius 3 is 2.59 bits per heavy atom. The summed E-state index contributed by atoms with van der Waals surface area (Å²) in [4.78, 5) is 11.6. The molecule has 1 aliphatic carbocycles. The van der Waals surface area contributed by atoms with Crippen molar-refractivity contribution in [2.45, 2.75) is 51.5 Å². The van der Waals surface area contributed by atoms with Gasteiger partial charge in [-0.15, -0.1) is 0 Å². The normalized spacial score (nSPS) is 24.4. The van der Waals surface area contributed by atoms with Crippen molar-refractivity contribution in [1.82, 2.24) is 9.97 Å². The molecule has 3 rings (SSSR count). The van der Waals surface area contributed by atoms with E-state index in [4.69, 9.17) is 16.6 Å². The molecule has 1 atom stereocenters. The summed E-state index contributed by atoms with van der Waals surface area (Å²) in [5, 5.41) is 0.635. The van der Waals surface area contributed by atoms with Gasteiger partial charge >= 0.3 is 0 Å². The average Bonchev–Trinajstić information content (AvgIpc) is 3.06. The molecule has 0 spiro atoms. The van der Waals surface area contributed by atoms with Crippen LogP contribution in [-0.2, 0) is 0 Å². The van der Waals surface area contributed by atoms with Gasteiger partial charge in [-0.2, -0.15) is 0 Å². The van der Waals surface area contributed by atoms with Gasteiger partial charge < -0.3 is 4.90 Å². The highest BCUT2D eigenvalue weighted by Crippen LogP contribution is 2.40. The molecule has 1 aromatic heterocycles. The minimum absolute atomic E-state index is 0.560. The fourth-order valence-electron chi connectivity index (χ4n) is 2.55. The van der Waals surface area contributed by atoms with Gasteiger partial charge in [0.25, 0.3) is 0 Å². The molecule has 1 saturated heterocycles. The monoisotopic (exact) mass is 251 g/mol. The number of anilines is 1. The van der Waals surface area contributed by atoms with E-state index < -0.39 is 0 Å². The van der Waals surface area contributed by atoms with E-state index in [0.717, 1.165) is 23.8 Å². The van der Waals surface area contributed by atoms with Crippen LogP contribution in [0.25, 0.3) is 0 Å². The van der Waals surface area contributed by atoms with Gasteiger partial charge in [-0.3, -0.25) is 0 Å². The predicted octanol–water partition coefficient (Wildman–Crippen LogP) is 3.30. The minimum Gasteiger partial charge on any atom is -0.354 e. The first-order valence-electron chi connectivity index (χ1n) is 6.47. The Bertz CT molecular complexity index is 443. The maximum Gasteiger partial charge on any atom is 0.137 e. The lowest BCUT2D eigenvalue weighted by molar-refractivity contribution is 0.719. The van der Waals surface area contributed by atoms with Crippen LogP contribution >= 0.6 is 11.6 Å². The summed E-state index contributed by atoms with van der Waals surface area (Å²) in [7, 11) is 0. The smallest absolute Gasteiger partial charge is 0.137 e. The van der Waals surface area contributed by atoms with Crippen molar-refractivity contribution < 1.29 is 0 Å². The van der Waals surface area contributed by atoms with Crippen LogP contribution in [0.1, 0.15) is 49.9 Å². The van der Waals surface area contributed by atoms with Crippen molar-refractivity contribution in [2.24, 2.45) is 0 Å². The van der Waals surface area contributed by atoms with Gasteiger partial charge in [0.2, 0.25) is 0 Å². The molecular formula is C13H18ClN3. The van der Waals surface area contributed by atoms with Gasteiger partial charge in [-0.1, -0.05) is 11.6 Å². The van der Waals surface area contributed by atoms with Crippen LogP contribution in [0.4, 0.5) is 5.82 Å². The van der Waals surface area contributed by atoms with Gasteiger partial charge in [0.15, 0.2) is 0 Å². The largest absolute Gasteiger partial charge is 0.354 e. The van der Waals surface area contributed by atoms with Gasteiger partial charge in [0.05, 0.1) is 0 Å². The summed E-state index contributed by atoms with van der Waals surface area (Å²) >= 11 is 6.24. The summed E-state index contributed by atoms with van der Waals surface area (Å²) in [5.41, 5.74) is 1.03. The number of aromatic nitrogens is 2. The molecule has 1 aromatic rings. The zero-order valence-corrected chi connectivity index (χ0v) is 11.2. The van der Waals surface area contributed by atoms with Crippen LogP contribution < -0.4 is 4.90 Å². The lowest BCUT2D eigenvalue weighted by Crippen LogP contribution is -2.28. The average molecular weight is 252 g/mol. The SMILES string of the molecule is Cc1c(Cl)nc(C2CC2)nc1N1CCCC1C. The first-order valence-corrected chi connectivity index (χ1v) is 6.85. The Morgan fingerprint density at radius 2 is 2.00 bits per heavy atom. The molecule has 0 N–H and O–H groups in total. The van der Waals surface area contributed by atoms with E-state index in [1.54, 1.807) is 0 Å². The zero-order valence-electron chi connectivity index (χ0n) is 10.4. The topological polar surface area (TPSA) is 29.0 Å². The summed E-state index contributed by atoms with van der Waals surface area (Å²) in [6.45, 7) is 5.39. The van der Waals surface area contributed by atoms with Crippen LogP contribution in [0.3, 0.4) is 0 Å². The van der Waals surface area contributed by atoms with Crippen molar-refractivity contribution in [3.63, 3.8) is 0 Å². The van der Waals surface area contributed by atoms with Gasteiger partial charge in [0, 0.05) is 24.1 Å². The van der Waals surface area contributed by atoms with E-state index in [0.29, 0.717) is 17.1 Å². The molecule has 17 heavy (non-hydrogen) atoms. The Kier molecular flexibility index (Phi) is 2.74. The molecule has 0 radical (unpaired) electrons. The van der Waals surface area contributed by atoms with Crippen molar-refractivity contribution in [3.05, 3.63) is 16.5 Å². The van der Waals surface area contributed by atoms with Crippen molar-refractivity contribution in [1.29, 1.82) is 0 Å². The highest BCUT2D eigenvalue weighted by atomic mass is 35.5. The maximum atomic E-state index is 6.24. The third-order valence-corrected chi connectivity index (χ3v) is 4.21. The standard InChI is InChI=1S/C13H18ClN3/c1-8-4-3-7-17(8)13-9(2)11(14)15-12(16-13)10-5-6-10/h8,10H,3-7H2,1-2H3.